The molecule has 0 unspecified atom stereocenters. The van der Waals surface area contributed by atoms with Crippen LogP contribution in [0.5, 0.6) is 0 Å². The largest absolute Gasteiger partial charge is 4.00 e. The van der Waals surface area contributed by atoms with Crippen LogP contribution in [-0.2, 0) is 63.2 Å². The second-order valence-corrected chi connectivity index (χ2v) is 19.7. The summed E-state index contributed by atoms with van der Waals surface area (Å²) in [4.78, 5) is 15.6. The molecule has 0 aromatic carbocycles. The fourth-order valence-corrected chi connectivity index (χ4v) is 9.96. The van der Waals surface area contributed by atoms with E-state index in [2.05, 4.69) is 62.0 Å². The van der Waals surface area contributed by atoms with Crippen molar-refractivity contribution in [2.75, 3.05) is 13.1 Å². The first-order valence-electron chi connectivity index (χ1n) is 18.3. The Kier molecular flexibility index (Phi) is 12.4. The number of halogens is 6. The van der Waals surface area contributed by atoms with Crippen molar-refractivity contribution in [3.05, 3.63) is 58.2 Å². The molecule has 4 heterocycles. The summed E-state index contributed by atoms with van der Waals surface area (Å²) in [7, 11) is -12.2. The maximum atomic E-state index is 10.7. The van der Waals surface area contributed by atoms with Gasteiger partial charge in [-0.2, -0.15) is 26.3 Å². The predicted octanol–water partition coefficient (Wildman–Crippen LogP) is 6.58. The van der Waals surface area contributed by atoms with Gasteiger partial charge in [-0.05, 0) is 133 Å². The molecular formula is C36H46F6FeN4O6S2+2. The van der Waals surface area contributed by atoms with Crippen LogP contribution < -0.4 is 0 Å². The van der Waals surface area contributed by atoms with Crippen molar-refractivity contribution in [1.29, 1.82) is 0 Å². The molecular weight excluding hydrogens is 818 g/mol. The van der Waals surface area contributed by atoms with Gasteiger partial charge in [-0.3, -0.25) is 19.8 Å². The van der Waals surface area contributed by atoms with Crippen LogP contribution in [0, 0.1) is 22.7 Å². The molecule has 19 heteroatoms. The summed E-state index contributed by atoms with van der Waals surface area (Å²) in [5.41, 5.74) is -1.41. The van der Waals surface area contributed by atoms with E-state index < -0.39 is 31.3 Å². The first-order valence-corrected chi connectivity index (χ1v) is 21.1. The van der Waals surface area contributed by atoms with Gasteiger partial charge >= 0.3 is 28.1 Å². The molecule has 10 nitrogen and oxygen atoms in total. The Morgan fingerprint density at radius 3 is 1.31 bits per heavy atom. The summed E-state index contributed by atoms with van der Waals surface area (Å²) in [6.07, 6.45) is 15.1. The van der Waals surface area contributed by atoms with Gasteiger partial charge in [0.15, 0.2) is 20.2 Å². The topological polar surface area (TPSA) is 147 Å². The predicted molar refractivity (Wildman–Crippen MR) is 184 cm³/mol. The fraction of sp³-hybridized carbons (Fsp3) is 0.722. The van der Waals surface area contributed by atoms with Crippen molar-refractivity contribution in [3.63, 3.8) is 0 Å². The van der Waals surface area contributed by atoms with E-state index in [1.807, 2.05) is 0 Å². The molecule has 55 heavy (non-hydrogen) atoms. The number of likely N-dealkylation sites (tertiary alicyclic amines) is 2. The molecule has 306 valence electrons. The van der Waals surface area contributed by atoms with Gasteiger partial charge in [-0.15, -0.1) is 0 Å². The monoisotopic (exact) mass is 864 g/mol. The van der Waals surface area contributed by atoms with Crippen LogP contribution in [0.25, 0.3) is 0 Å². The van der Waals surface area contributed by atoms with Gasteiger partial charge in [0.05, 0.1) is 11.4 Å². The van der Waals surface area contributed by atoms with Gasteiger partial charge in [-0.25, -0.2) is 16.8 Å². The van der Waals surface area contributed by atoms with Gasteiger partial charge in [0.25, 0.3) is 0 Å². The van der Waals surface area contributed by atoms with E-state index in [0.717, 1.165) is 36.8 Å². The minimum atomic E-state index is -6.09. The number of nitrogens with zero attached hydrogens (tertiary/aromatic N) is 4. The van der Waals surface area contributed by atoms with E-state index in [4.69, 9.17) is 35.9 Å². The maximum Gasteiger partial charge on any atom is 4.00 e. The number of rotatable bonds is 5. The minimum absolute atomic E-state index is 0. The van der Waals surface area contributed by atoms with E-state index in [9.17, 15) is 26.3 Å². The van der Waals surface area contributed by atoms with Crippen molar-refractivity contribution in [1.82, 2.24) is 19.8 Å². The first kappa shape index (κ1) is 44.2. The minimum Gasteiger partial charge on any atom is -0.741 e. The molecule has 2 saturated carbocycles. The Bertz CT molecular complexity index is 1820. The smallest absolute Gasteiger partial charge is 0.741 e. The molecule has 4 fully saturated rings. The fourth-order valence-electron chi connectivity index (χ4n) is 9.96. The van der Waals surface area contributed by atoms with Gasteiger partial charge in [0.2, 0.25) is 0 Å². The normalized spacial score (nSPS) is 29.2. The third kappa shape index (κ3) is 8.79. The summed E-state index contributed by atoms with van der Waals surface area (Å²) in [5, 5.41) is 0. The van der Waals surface area contributed by atoms with Gasteiger partial charge in [-0.1, -0.05) is 27.7 Å². The van der Waals surface area contributed by atoms with Gasteiger partial charge in [0, 0.05) is 37.6 Å². The average Bonchev–Trinajstić information content (AvgIpc) is 3.71. The number of hydrogen-bond donors (Lipinski definition) is 0. The second-order valence-electron chi connectivity index (χ2n) is 16.9. The summed E-state index contributed by atoms with van der Waals surface area (Å²) < 4.78 is 118. The third-order valence-corrected chi connectivity index (χ3v) is 14.5. The Morgan fingerprint density at radius 1 is 0.691 bits per heavy atom. The van der Waals surface area contributed by atoms with Crippen LogP contribution in [0.15, 0.2) is 24.5 Å². The first-order chi connectivity index (χ1) is 24.8. The summed E-state index contributed by atoms with van der Waals surface area (Å²) >= 11 is 0. The Morgan fingerprint density at radius 2 is 1.02 bits per heavy atom. The third-order valence-electron chi connectivity index (χ3n) is 13.4. The van der Waals surface area contributed by atoms with Gasteiger partial charge in [0.1, 0.15) is 0 Å². The van der Waals surface area contributed by atoms with Gasteiger partial charge < -0.3 is 9.11 Å². The molecule has 2 aliphatic heterocycles. The van der Waals surface area contributed by atoms with E-state index in [0.29, 0.717) is 22.9 Å². The number of aromatic nitrogens is 2. The van der Waals surface area contributed by atoms with E-state index >= 15 is 0 Å². The Hall–Kier alpha value is -1.86. The summed E-state index contributed by atoms with van der Waals surface area (Å²) in [5.74, 6) is 3.21. The van der Waals surface area contributed by atoms with Crippen molar-refractivity contribution in [2.45, 2.75) is 127 Å². The molecule has 0 spiro atoms. The molecule has 0 radical (unpaired) electrons. The zero-order valence-electron chi connectivity index (χ0n) is 30.9. The molecule has 0 amide bonds. The Labute approximate surface area is 329 Å². The number of pyridine rings is 2. The summed E-state index contributed by atoms with van der Waals surface area (Å²) in [6, 6.07) is 6.28. The maximum absolute atomic E-state index is 10.7. The average molecular weight is 865 g/mol. The molecule has 2 aromatic heterocycles. The second kappa shape index (κ2) is 15.4. The molecule has 0 N–H and O–H groups in total. The van der Waals surface area contributed by atoms with Crippen molar-refractivity contribution in [2.24, 2.45) is 22.7 Å². The number of hydrogen-bond acceptors (Lipinski definition) is 10. The molecule has 8 aliphatic rings. The van der Waals surface area contributed by atoms with E-state index in [-0.39, 0.29) is 17.1 Å². The molecule has 10 rings (SSSR count). The molecule has 4 bridgehead atoms. The molecule has 6 atom stereocenters. The van der Waals surface area contributed by atoms with Crippen LogP contribution in [-0.4, -0.2) is 81.9 Å². The van der Waals surface area contributed by atoms with Crippen molar-refractivity contribution >= 4 is 20.2 Å². The summed E-state index contributed by atoms with van der Waals surface area (Å²) in [6.45, 7) is 14.4. The van der Waals surface area contributed by atoms with Crippen LogP contribution in [0.4, 0.5) is 26.3 Å². The zero-order valence-corrected chi connectivity index (χ0v) is 33.7. The van der Waals surface area contributed by atoms with Crippen LogP contribution >= 0.6 is 0 Å². The van der Waals surface area contributed by atoms with E-state index in [1.165, 1.54) is 75.8 Å². The van der Waals surface area contributed by atoms with Crippen LogP contribution in [0.2, 0.25) is 0 Å². The molecule has 2 saturated heterocycles. The zero-order chi connectivity index (χ0) is 39.8. The standard InChI is InChI=1S/C34H46N4.2CHF3O3S.Fe/c1-33(2)23-11-21-13-25(35-17-27(21)29(33)15-23)19-37-9-5-7-31(37)32-8-6-10-38(32)20-26-14-22-12-24-16-30(34(24,3)4)28(22)18-36-26;2*2-1(3,4)8(5,6)7;/h13-14,17-18,23-24,29-32H,5-12,15-16,19-20H2,1-4H3;2*(H,5,6,7);/q;;;+4/p-2/t23-,24-,29-,30-,31+,32+;;;/m0.../s1. The quantitative estimate of drug-likeness (QED) is 0.140. The van der Waals surface area contributed by atoms with E-state index in [1.54, 1.807) is 22.3 Å². The van der Waals surface area contributed by atoms with Crippen LogP contribution in [0.1, 0.15) is 112 Å². The Balaban J connectivity index is 0.000000290. The van der Waals surface area contributed by atoms with Crippen molar-refractivity contribution < 1.29 is 69.4 Å². The SMILES string of the molecule is CC1(C)[C@H]2Cc3cc(CN4CCC[C@@H]4[C@H]4CCCN4Cc4cc5c(cn4)[C@@H]4C[C@H](C5)C4(C)C)ncc3[C@@H]1C2.O=S(=O)([O-])C(F)(F)F.O=S(=O)([O-])C(F)(F)F.[Fe+4]. The molecule has 6 aliphatic carbocycles. The number of alkyl halides is 6. The van der Waals surface area contributed by atoms with Crippen molar-refractivity contribution in [3.8, 4) is 0 Å². The molecule has 2 aromatic rings. The van der Waals surface area contributed by atoms with Crippen LogP contribution in [0.3, 0.4) is 0 Å².